The topological polar surface area (TPSA) is 105 Å². The number of aliphatic hydroxyl groups is 1. The number of ether oxygens (including phenoxy) is 1. The minimum atomic E-state index is -1.14. The highest BCUT2D eigenvalue weighted by Gasteiger charge is 2.28. The lowest BCUT2D eigenvalue weighted by Crippen LogP contribution is -2.53. The summed E-state index contributed by atoms with van der Waals surface area (Å²) in [7, 11) is 1.17. The van der Waals surface area contributed by atoms with Crippen LogP contribution in [-0.2, 0) is 19.1 Å². The molecule has 0 aromatic rings. The molecule has 2 unspecified atom stereocenters. The standard InChI is InChI=1S/C14H26N2O5S/c1-6-14(3,4)22-8-11(15-9(2)18)12(19)16-10(7-17)13(20)21-5/h10-11,17H,6-8H2,1-5H3,(H,15,18)(H,16,19). The summed E-state index contributed by atoms with van der Waals surface area (Å²) in [5, 5.41) is 14.1. The van der Waals surface area contributed by atoms with E-state index < -0.39 is 30.6 Å². The Morgan fingerprint density at radius 1 is 1.23 bits per heavy atom. The minimum Gasteiger partial charge on any atom is -0.467 e. The molecule has 0 aromatic carbocycles. The number of carbonyl (C=O) groups is 3. The molecule has 2 amide bonds. The SMILES string of the molecule is CCC(C)(C)SCC(NC(C)=O)C(=O)NC(CO)C(=O)OC. The van der Waals surface area contributed by atoms with Crippen molar-refractivity contribution in [2.24, 2.45) is 0 Å². The Hall–Kier alpha value is -1.28. The molecule has 2 atom stereocenters. The maximum atomic E-state index is 12.2. The number of aliphatic hydroxyl groups excluding tert-OH is 1. The van der Waals surface area contributed by atoms with Crippen LogP contribution in [0.2, 0.25) is 0 Å². The van der Waals surface area contributed by atoms with Crippen LogP contribution in [0.15, 0.2) is 0 Å². The van der Waals surface area contributed by atoms with Gasteiger partial charge in [-0.2, -0.15) is 11.8 Å². The van der Waals surface area contributed by atoms with Crippen LogP contribution in [0.25, 0.3) is 0 Å². The van der Waals surface area contributed by atoms with E-state index in [1.54, 1.807) is 11.8 Å². The van der Waals surface area contributed by atoms with Gasteiger partial charge in [0.25, 0.3) is 0 Å². The number of thioether (sulfide) groups is 1. The molecule has 8 heteroatoms. The fourth-order valence-corrected chi connectivity index (χ4v) is 2.49. The summed E-state index contributed by atoms with van der Waals surface area (Å²) in [6, 6.07) is -1.93. The Labute approximate surface area is 135 Å². The Morgan fingerprint density at radius 3 is 2.23 bits per heavy atom. The Morgan fingerprint density at radius 2 is 1.82 bits per heavy atom. The van der Waals surface area contributed by atoms with Gasteiger partial charge in [-0.3, -0.25) is 9.59 Å². The normalized spacial score (nSPS) is 13.9. The summed E-state index contributed by atoms with van der Waals surface area (Å²) in [4.78, 5) is 34.9. The second kappa shape index (κ2) is 9.68. The molecule has 0 saturated carbocycles. The maximum Gasteiger partial charge on any atom is 0.330 e. The van der Waals surface area contributed by atoms with E-state index >= 15 is 0 Å². The Balaban J connectivity index is 4.83. The van der Waals surface area contributed by atoms with Crippen molar-refractivity contribution >= 4 is 29.5 Å². The van der Waals surface area contributed by atoms with E-state index in [9.17, 15) is 14.4 Å². The van der Waals surface area contributed by atoms with Gasteiger partial charge >= 0.3 is 5.97 Å². The van der Waals surface area contributed by atoms with E-state index in [0.29, 0.717) is 5.75 Å². The first-order valence-corrected chi connectivity index (χ1v) is 8.05. The highest BCUT2D eigenvalue weighted by atomic mass is 32.2. The van der Waals surface area contributed by atoms with Gasteiger partial charge in [-0.15, -0.1) is 0 Å². The van der Waals surface area contributed by atoms with E-state index in [1.165, 1.54) is 14.0 Å². The maximum absolute atomic E-state index is 12.2. The summed E-state index contributed by atoms with van der Waals surface area (Å²) in [5.41, 5.74) is 0. The van der Waals surface area contributed by atoms with E-state index in [2.05, 4.69) is 15.4 Å². The van der Waals surface area contributed by atoms with Gasteiger partial charge in [-0.25, -0.2) is 4.79 Å². The molecule has 0 aliphatic heterocycles. The lowest BCUT2D eigenvalue weighted by Gasteiger charge is -2.26. The molecule has 0 spiro atoms. The van der Waals surface area contributed by atoms with E-state index in [-0.39, 0.29) is 10.7 Å². The zero-order chi connectivity index (χ0) is 17.3. The van der Waals surface area contributed by atoms with Crippen molar-refractivity contribution in [3.63, 3.8) is 0 Å². The highest BCUT2D eigenvalue weighted by molar-refractivity contribution is 8.00. The third-order valence-corrected chi connectivity index (χ3v) is 4.74. The first-order chi connectivity index (χ1) is 10.2. The van der Waals surface area contributed by atoms with Gasteiger partial charge in [0.1, 0.15) is 6.04 Å². The third-order valence-electron chi connectivity index (χ3n) is 3.17. The predicted molar refractivity (Wildman–Crippen MR) is 85.5 cm³/mol. The molecule has 0 radical (unpaired) electrons. The van der Waals surface area contributed by atoms with Crippen molar-refractivity contribution in [1.82, 2.24) is 10.6 Å². The molecule has 0 aliphatic carbocycles. The minimum absolute atomic E-state index is 0.0320. The molecule has 0 heterocycles. The van der Waals surface area contributed by atoms with Crippen molar-refractivity contribution in [2.75, 3.05) is 19.5 Å². The number of amides is 2. The molecule has 7 nitrogen and oxygen atoms in total. The lowest BCUT2D eigenvalue weighted by molar-refractivity contribution is -0.146. The Kier molecular flexibility index (Phi) is 9.12. The molecule has 22 heavy (non-hydrogen) atoms. The summed E-state index contributed by atoms with van der Waals surface area (Å²) < 4.78 is 4.46. The van der Waals surface area contributed by atoms with Gasteiger partial charge in [0.05, 0.1) is 13.7 Å². The molecule has 128 valence electrons. The largest absolute Gasteiger partial charge is 0.467 e. The highest BCUT2D eigenvalue weighted by Crippen LogP contribution is 2.28. The summed E-state index contributed by atoms with van der Waals surface area (Å²) in [6.07, 6.45) is 0.910. The number of nitrogens with one attached hydrogen (secondary N) is 2. The number of rotatable bonds is 9. The third kappa shape index (κ3) is 7.65. The fraction of sp³-hybridized carbons (Fsp3) is 0.786. The zero-order valence-corrected chi connectivity index (χ0v) is 14.6. The van der Waals surface area contributed by atoms with Crippen molar-refractivity contribution < 1.29 is 24.2 Å². The van der Waals surface area contributed by atoms with Gasteiger partial charge in [0.2, 0.25) is 11.8 Å². The molecule has 0 fully saturated rings. The number of methoxy groups -OCH3 is 1. The first-order valence-electron chi connectivity index (χ1n) is 7.07. The molecule has 0 rings (SSSR count). The van der Waals surface area contributed by atoms with Crippen LogP contribution in [0, 0.1) is 0 Å². The Bertz CT molecular complexity index is 401. The zero-order valence-electron chi connectivity index (χ0n) is 13.8. The van der Waals surface area contributed by atoms with Crippen LogP contribution in [0.3, 0.4) is 0 Å². The van der Waals surface area contributed by atoms with Crippen LogP contribution in [0.4, 0.5) is 0 Å². The van der Waals surface area contributed by atoms with Gasteiger partial charge in [0.15, 0.2) is 6.04 Å². The molecule has 0 bridgehead atoms. The van der Waals surface area contributed by atoms with Gasteiger partial charge in [-0.1, -0.05) is 20.8 Å². The first kappa shape index (κ1) is 20.7. The summed E-state index contributed by atoms with van der Waals surface area (Å²) >= 11 is 1.55. The average molecular weight is 334 g/mol. The van der Waals surface area contributed by atoms with Crippen molar-refractivity contribution in [2.45, 2.75) is 50.9 Å². The second-order valence-corrected chi connectivity index (χ2v) is 7.17. The molecular formula is C14H26N2O5S. The monoisotopic (exact) mass is 334 g/mol. The van der Waals surface area contributed by atoms with E-state index in [4.69, 9.17) is 5.11 Å². The van der Waals surface area contributed by atoms with Crippen molar-refractivity contribution in [3.05, 3.63) is 0 Å². The number of carbonyl (C=O) groups excluding carboxylic acids is 3. The van der Waals surface area contributed by atoms with Crippen LogP contribution < -0.4 is 10.6 Å². The van der Waals surface area contributed by atoms with Crippen LogP contribution in [0.1, 0.15) is 34.1 Å². The predicted octanol–water partition coefficient (Wildman–Crippen LogP) is 0.0630. The van der Waals surface area contributed by atoms with Gasteiger partial charge in [-0.05, 0) is 6.42 Å². The fourth-order valence-electron chi connectivity index (χ4n) is 1.43. The smallest absolute Gasteiger partial charge is 0.330 e. The van der Waals surface area contributed by atoms with Crippen LogP contribution in [0.5, 0.6) is 0 Å². The molecule has 0 aliphatic rings. The lowest BCUT2D eigenvalue weighted by atomic mass is 10.1. The van der Waals surface area contributed by atoms with Crippen molar-refractivity contribution in [3.8, 4) is 0 Å². The van der Waals surface area contributed by atoms with Crippen molar-refractivity contribution in [1.29, 1.82) is 0 Å². The second-order valence-electron chi connectivity index (χ2n) is 5.44. The molecule has 0 aromatic heterocycles. The summed E-state index contributed by atoms with van der Waals surface area (Å²) in [6.45, 7) is 6.88. The van der Waals surface area contributed by atoms with Gasteiger partial charge < -0.3 is 20.5 Å². The summed E-state index contributed by atoms with van der Waals surface area (Å²) in [5.74, 6) is -1.24. The van der Waals surface area contributed by atoms with Crippen LogP contribution in [-0.4, -0.2) is 59.2 Å². The van der Waals surface area contributed by atoms with Crippen LogP contribution >= 0.6 is 11.8 Å². The van der Waals surface area contributed by atoms with Gasteiger partial charge in [0, 0.05) is 17.4 Å². The van der Waals surface area contributed by atoms with E-state index in [0.717, 1.165) is 6.42 Å². The average Bonchev–Trinajstić information content (AvgIpc) is 2.47. The number of hydrogen-bond acceptors (Lipinski definition) is 6. The van der Waals surface area contributed by atoms with E-state index in [1.807, 2.05) is 20.8 Å². The quantitative estimate of drug-likeness (QED) is 0.515. The molecule has 3 N–H and O–H groups in total. The molecular weight excluding hydrogens is 308 g/mol. The number of esters is 1. The number of hydrogen-bond donors (Lipinski definition) is 3. The molecule has 0 saturated heterocycles.